The van der Waals surface area contributed by atoms with Crippen molar-refractivity contribution in [1.82, 2.24) is 0 Å². The highest BCUT2D eigenvalue weighted by molar-refractivity contribution is 6.31. The van der Waals surface area contributed by atoms with Crippen molar-refractivity contribution in [3.8, 4) is 5.75 Å². The quantitative estimate of drug-likeness (QED) is 0.376. The van der Waals surface area contributed by atoms with Crippen molar-refractivity contribution in [3.63, 3.8) is 0 Å². The topological polar surface area (TPSA) is 9.23 Å². The van der Waals surface area contributed by atoms with E-state index in [0.29, 0.717) is 11.5 Å². The molecule has 0 amide bonds. The Balaban J connectivity index is 2.01. The van der Waals surface area contributed by atoms with Crippen LogP contribution in [0.4, 0.5) is 4.39 Å². The van der Waals surface area contributed by atoms with E-state index < -0.39 is 10.8 Å². The lowest BCUT2D eigenvalue weighted by Gasteiger charge is -2.31. The molecule has 0 radical (unpaired) electrons. The molecule has 3 rings (SSSR count). The van der Waals surface area contributed by atoms with E-state index in [0.717, 1.165) is 27.5 Å². The minimum Gasteiger partial charge on any atom is -0.497 e. The van der Waals surface area contributed by atoms with Gasteiger partial charge in [-0.3, -0.25) is 0 Å². The standard InChI is InChI=1S/C28H32ClFO/c1-18(2)19-11-13-23(25(29)15-19)27(3,4)21-12-14-24(26(30)17-21)28(5,6)20-9-8-10-22(16-20)31-7/h8-18H,1-7H3. The molecular formula is C28H32ClFO. The SMILES string of the molecule is COc1cccc(C(C)(C)c2ccc(C(C)(C)c3ccc(C(C)C)cc3Cl)cc2F)c1. The Hall–Kier alpha value is -2.32. The first-order valence-corrected chi connectivity index (χ1v) is 11.1. The highest BCUT2D eigenvalue weighted by atomic mass is 35.5. The van der Waals surface area contributed by atoms with E-state index in [1.807, 2.05) is 56.3 Å². The van der Waals surface area contributed by atoms with Crippen LogP contribution in [0.2, 0.25) is 5.02 Å². The van der Waals surface area contributed by atoms with Crippen LogP contribution in [0.25, 0.3) is 0 Å². The molecular weight excluding hydrogens is 407 g/mol. The van der Waals surface area contributed by atoms with Gasteiger partial charge in [0.05, 0.1) is 7.11 Å². The summed E-state index contributed by atoms with van der Waals surface area (Å²) in [6, 6.07) is 19.6. The largest absolute Gasteiger partial charge is 0.497 e. The van der Waals surface area contributed by atoms with Crippen molar-refractivity contribution >= 4 is 11.6 Å². The second-order valence-corrected chi connectivity index (χ2v) is 9.98. The summed E-state index contributed by atoms with van der Waals surface area (Å²) in [5.41, 5.74) is 3.83. The molecule has 0 saturated heterocycles. The molecule has 3 aromatic carbocycles. The number of methoxy groups -OCH3 is 1. The van der Waals surface area contributed by atoms with Gasteiger partial charge < -0.3 is 4.74 Å². The van der Waals surface area contributed by atoms with Crippen LogP contribution in [0, 0.1) is 5.82 Å². The fraction of sp³-hybridized carbons (Fsp3) is 0.357. The van der Waals surface area contributed by atoms with E-state index in [2.05, 4.69) is 39.8 Å². The minimum absolute atomic E-state index is 0.215. The van der Waals surface area contributed by atoms with Crippen LogP contribution in [0.1, 0.15) is 75.3 Å². The summed E-state index contributed by atoms with van der Waals surface area (Å²) in [7, 11) is 1.64. The lowest BCUT2D eigenvalue weighted by atomic mass is 9.74. The molecule has 0 bridgehead atoms. The number of hydrogen-bond acceptors (Lipinski definition) is 1. The second kappa shape index (κ2) is 8.67. The molecule has 3 heteroatoms. The zero-order chi connectivity index (χ0) is 23.0. The number of hydrogen-bond donors (Lipinski definition) is 0. The third-order valence-electron chi connectivity index (χ3n) is 6.49. The maximum Gasteiger partial charge on any atom is 0.127 e. The summed E-state index contributed by atoms with van der Waals surface area (Å²) < 4.78 is 20.8. The Labute approximate surface area is 191 Å². The van der Waals surface area contributed by atoms with Gasteiger partial charge in [-0.1, -0.05) is 89.5 Å². The number of ether oxygens (including phenoxy) is 1. The van der Waals surface area contributed by atoms with Crippen molar-refractivity contribution in [2.45, 2.75) is 58.3 Å². The first-order valence-electron chi connectivity index (χ1n) is 10.7. The fourth-order valence-electron chi connectivity index (χ4n) is 4.13. The summed E-state index contributed by atoms with van der Waals surface area (Å²) in [6.45, 7) is 12.5. The molecule has 0 aromatic heterocycles. The van der Waals surface area contributed by atoms with Crippen LogP contribution in [-0.2, 0) is 10.8 Å². The fourth-order valence-corrected chi connectivity index (χ4v) is 4.56. The summed E-state index contributed by atoms with van der Waals surface area (Å²) in [4.78, 5) is 0. The van der Waals surface area contributed by atoms with Crippen molar-refractivity contribution in [3.05, 3.63) is 99.3 Å². The summed E-state index contributed by atoms with van der Waals surface area (Å²) >= 11 is 6.65. The van der Waals surface area contributed by atoms with Gasteiger partial charge >= 0.3 is 0 Å². The predicted molar refractivity (Wildman–Crippen MR) is 129 cm³/mol. The monoisotopic (exact) mass is 438 g/mol. The molecule has 0 fully saturated rings. The van der Waals surface area contributed by atoms with Crippen LogP contribution >= 0.6 is 11.6 Å². The molecule has 0 unspecified atom stereocenters. The molecule has 0 spiro atoms. The van der Waals surface area contributed by atoms with Gasteiger partial charge in [0.25, 0.3) is 0 Å². The Kier molecular flexibility index (Phi) is 6.53. The van der Waals surface area contributed by atoms with E-state index in [1.165, 1.54) is 5.56 Å². The first kappa shape index (κ1) is 23.3. The van der Waals surface area contributed by atoms with Gasteiger partial charge in [-0.25, -0.2) is 4.39 Å². The van der Waals surface area contributed by atoms with Gasteiger partial charge in [-0.2, -0.15) is 0 Å². The molecule has 0 aliphatic rings. The molecule has 0 aliphatic heterocycles. The molecule has 31 heavy (non-hydrogen) atoms. The van der Waals surface area contributed by atoms with Gasteiger partial charge in [-0.15, -0.1) is 0 Å². The van der Waals surface area contributed by atoms with Crippen LogP contribution in [0.5, 0.6) is 5.75 Å². The van der Waals surface area contributed by atoms with E-state index in [4.69, 9.17) is 16.3 Å². The zero-order valence-electron chi connectivity index (χ0n) is 19.5. The van der Waals surface area contributed by atoms with E-state index in [-0.39, 0.29) is 5.82 Å². The van der Waals surface area contributed by atoms with Crippen molar-refractivity contribution in [2.24, 2.45) is 0 Å². The normalized spacial score (nSPS) is 12.3. The number of halogens is 2. The minimum atomic E-state index is -0.502. The Morgan fingerprint density at radius 3 is 2.00 bits per heavy atom. The average molecular weight is 439 g/mol. The van der Waals surface area contributed by atoms with E-state index in [1.54, 1.807) is 13.2 Å². The predicted octanol–water partition coefficient (Wildman–Crippen LogP) is 8.26. The maximum atomic E-state index is 15.5. The molecule has 164 valence electrons. The first-order chi connectivity index (χ1) is 14.5. The highest BCUT2D eigenvalue weighted by Gasteiger charge is 2.30. The van der Waals surface area contributed by atoms with Crippen LogP contribution < -0.4 is 4.74 Å². The van der Waals surface area contributed by atoms with Crippen molar-refractivity contribution in [1.29, 1.82) is 0 Å². The molecule has 0 heterocycles. The van der Waals surface area contributed by atoms with Gasteiger partial charge in [0.2, 0.25) is 0 Å². The van der Waals surface area contributed by atoms with Crippen LogP contribution in [0.15, 0.2) is 60.7 Å². The Morgan fingerprint density at radius 2 is 1.42 bits per heavy atom. The van der Waals surface area contributed by atoms with E-state index >= 15 is 4.39 Å². The van der Waals surface area contributed by atoms with Crippen LogP contribution in [-0.4, -0.2) is 7.11 Å². The Morgan fingerprint density at radius 1 is 0.806 bits per heavy atom. The third-order valence-corrected chi connectivity index (χ3v) is 6.80. The molecule has 0 aliphatic carbocycles. The van der Waals surface area contributed by atoms with Gasteiger partial charge in [0, 0.05) is 15.9 Å². The second-order valence-electron chi connectivity index (χ2n) is 9.57. The summed E-state index contributed by atoms with van der Waals surface area (Å²) in [6.07, 6.45) is 0. The van der Waals surface area contributed by atoms with Crippen molar-refractivity contribution in [2.75, 3.05) is 7.11 Å². The summed E-state index contributed by atoms with van der Waals surface area (Å²) in [5.74, 6) is 0.960. The average Bonchev–Trinajstić information content (AvgIpc) is 2.73. The molecule has 1 nitrogen and oxygen atoms in total. The smallest absolute Gasteiger partial charge is 0.127 e. The lowest BCUT2D eigenvalue weighted by molar-refractivity contribution is 0.413. The van der Waals surface area contributed by atoms with Gasteiger partial charge in [-0.05, 0) is 58.0 Å². The zero-order valence-corrected chi connectivity index (χ0v) is 20.3. The van der Waals surface area contributed by atoms with Gasteiger partial charge in [0.1, 0.15) is 11.6 Å². The maximum absolute atomic E-state index is 15.5. The van der Waals surface area contributed by atoms with Crippen LogP contribution in [0.3, 0.4) is 0 Å². The molecule has 0 saturated carbocycles. The molecule has 0 N–H and O–H groups in total. The lowest BCUT2D eigenvalue weighted by Crippen LogP contribution is -2.23. The van der Waals surface area contributed by atoms with Gasteiger partial charge in [0.15, 0.2) is 0 Å². The molecule has 3 aromatic rings. The number of rotatable bonds is 6. The Bertz CT molecular complexity index is 1080. The third kappa shape index (κ3) is 4.50. The molecule has 0 atom stereocenters. The summed E-state index contributed by atoms with van der Waals surface area (Å²) in [5, 5.41) is 0.720. The number of benzene rings is 3. The van der Waals surface area contributed by atoms with E-state index in [9.17, 15) is 0 Å². The van der Waals surface area contributed by atoms with Crippen molar-refractivity contribution < 1.29 is 9.13 Å². The highest BCUT2D eigenvalue weighted by Crippen LogP contribution is 2.40.